The largest absolute Gasteiger partial charge is 0.394 e. The average Bonchev–Trinajstić information content (AvgIpc) is 3.54. The minimum Gasteiger partial charge on any atom is -0.394 e. The summed E-state index contributed by atoms with van der Waals surface area (Å²) in [6, 6.07) is 3.77. The molecular formula is C25H32F2N4O6. The number of halogens is 2. The number of ether oxygens (including phenoxy) is 3. The van der Waals surface area contributed by atoms with Gasteiger partial charge in [0.2, 0.25) is 0 Å². The van der Waals surface area contributed by atoms with Gasteiger partial charge in [-0.15, -0.1) is 5.10 Å². The first kappa shape index (κ1) is 27.3. The molecule has 2 N–H and O–H groups in total. The van der Waals surface area contributed by atoms with E-state index in [0.717, 1.165) is 0 Å². The summed E-state index contributed by atoms with van der Waals surface area (Å²) >= 11 is 0. The first-order chi connectivity index (χ1) is 17.6. The van der Waals surface area contributed by atoms with Gasteiger partial charge in [0.15, 0.2) is 11.6 Å². The van der Waals surface area contributed by atoms with Gasteiger partial charge in [0.1, 0.15) is 47.1 Å². The third kappa shape index (κ3) is 5.30. The lowest BCUT2D eigenvalue weighted by atomic mass is 9.90. The van der Waals surface area contributed by atoms with Crippen molar-refractivity contribution in [2.24, 2.45) is 0 Å². The molecule has 4 rings (SSSR count). The molecule has 0 spiro atoms. The average molecular weight is 523 g/mol. The number of aliphatic hydroxyl groups excluding tert-OH is 2. The van der Waals surface area contributed by atoms with Crippen LogP contribution in [0.5, 0.6) is 0 Å². The quantitative estimate of drug-likeness (QED) is 0.436. The Balaban J connectivity index is 1.63. The molecule has 0 bridgehead atoms. The van der Waals surface area contributed by atoms with Crippen molar-refractivity contribution in [2.75, 3.05) is 20.3 Å². The standard InChI is InChI=1S/C25H32F2N4O6/c1-6-35-25(3,4)19-10-14(37-29-19)9-17-24(34-5)22(23(33)18(12-32)36-17)31-11-16(28-30-31)15-8-7-13(2)20(26)21(15)27/h7-8,10-11,17-18,22-24,32-33H,6,9,12H2,1-5H3/t17-,18-,22+,23+,24+/m1/s1. The van der Waals surface area contributed by atoms with Crippen LogP contribution in [0.2, 0.25) is 0 Å². The maximum Gasteiger partial charge on any atom is 0.168 e. The Hall–Kier alpha value is -2.77. The Morgan fingerprint density at radius 3 is 2.62 bits per heavy atom. The minimum atomic E-state index is -1.23. The molecule has 3 aromatic rings. The van der Waals surface area contributed by atoms with E-state index < -0.39 is 54.3 Å². The van der Waals surface area contributed by atoms with E-state index in [4.69, 9.17) is 18.7 Å². The number of rotatable bonds is 9. The predicted octanol–water partition coefficient (Wildman–Crippen LogP) is 2.71. The van der Waals surface area contributed by atoms with E-state index in [1.54, 1.807) is 6.07 Å². The van der Waals surface area contributed by atoms with Gasteiger partial charge < -0.3 is 28.9 Å². The second kappa shape index (κ2) is 10.9. The van der Waals surface area contributed by atoms with Crippen molar-refractivity contribution >= 4 is 0 Å². The highest BCUT2D eigenvalue weighted by Crippen LogP contribution is 2.35. The fraction of sp³-hybridized carbons (Fsp3) is 0.560. The zero-order valence-electron chi connectivity index (χ0n) is 21.4. The van der Waals surface area contributed by atoms with Gasteiger partial charge in [-0.05, 0) is 39.3 Å². The highest BCUT2D eigenvalue weighted by molar-refractivity contribution is 5.59. The molecule has 202 valence electrons. The van der Waals surface area contributed by atoms with Gasteiger partial charge in [-0.3, -0.25) is 0 Å². The fourth-order valence-corrected chi connectivity index (χ4v) is 4.65. The van der Waals surface area contributed by atoms with Crippen molar-refractivity contribution in [3.8, 4) is 11.3 Å². The summed E-state index contributed by atoms with van der Waals surface area (Å²) in [5.41, 5.74) is 0.143. The van der Waals surface area contributed by atoms with Gasteiger partial charge in [0, 0.05) is 31.8 Å². The smallest absolute Gasteiger partial charge is 0.168 e. The van der Waals surface area contributed by atoms with Crippen molar-refractivity contribution in [2.45, 2.75) is 70.2 Å². The van der Waals surface area contributed by atoms with Crippen molar-refractivity contribution in [3.05, 3.63) is 53.0 Å². The summed E-state index contributed by atoms with van der Waals surface area (Å²) in [6.07, 6.45) is -2.02. The van der Waals surface area contributed by atoms with E-state index in [1.165, 1.54) is 37.0 Å². The van der Waals surface area contributed by atoms with E-state index in [-0.39, 0.29) is 23.2 Å². The molecule has 0 saturated carbocycles. The Labute approximate surface area is 213 Å². The summed E-state index contributed by atoms with van der Waals surface area (Å²) in [7, 11) is 1.46. The lowest BCUT2D eigenvalue weighted by Gasteiger charge is -2.43. The number of hydrogen-bond acceptors (Lipinski definition) is 9. The maximum absolute atomic E-state index is 14.6. The molecule has 0 radical (unpaired) electrons. The molecule has 1 aliphatic rings. The number of hydrogen-bond donors (Lipinski definition) is 2. The van der Waals surface area contributed by atoms with Gasteiger partial charge in [0.25, 0.3) is 0 Å². The molecule has 0 aliphatic carbocycles. The van der Waals surface area contributed by atoms with Gasteiger partial charge in [-0.2, -0.15) is 0 Å². The van der Waals surface area contributed by atoms with Crippen LogP contribution in [0, 0.1) is 18.6 Å². The molecule has 3 heterocycles. The normalized spacial score (nSPS) is 24.5. The molecule has 2 aromatic heterocycles. The molecular weight excluding hydrogens is 490 g/mol. The molecule has 1 fully saturated rings. The van der Waals surface area contributed by atoms with Crippen LogP contribution in [-0.4, -0.2) is 75.1 Å². The minimum absolute atomic E-state index is 0.0637. The van der Waals surface area contributed by atoms with Gasteiger partial charge in [0.05, 0.1) is 18.9 Å². The van der Waals surface area contributed by atoms with E-state index >= 15 is 0 Å². The summed E-state index contributed by atoms with van der Waals surface area (Å²) < 4.78 is 53.0. The summed E-state index contributed by atoms with van der Waals surface area (Å²) in [5, 5.41) is 33.1. The molecule has 1 aromatic carbocycles. The van der Waals surface area contributed by atoms with Crippen molar-refractivity contribution in [3.63, 3.8) is 0 Å². The lowest BCUT2D eigenvalue weighted by molar-refractivity contribution is -0.212. The Kier molecular flexibility index (Phi) is 8.05. The molecule has 10 nitrogen and oxygen atoms in total. The second-order valence-corrected chi connectivity index (χ2v) is 9.54. The van der Waals surface area contributed by atoms with Crippen molar-refractivity contribution in [1.29, 1.82) is 0 Å². The van der Waals surface area contributed by atoms with Gasteiger partial charge in [-0.1, -0.05) is 16.4 Å². The molecule has 0 amide bonds. The number of aryl methyl sites for hydroxylation is 1. The monoisotopic (exact) mass is 522 g/mol. The molecule has 1 saturated heterocycles. The molecule has 5 atom stereocenters. The Morgan fingerprint density at radius 1 is 1.19 bits per heavy atom. The highest BCUT2D eigenvalue weighted by Gasteiger charge is 2.47. The van der Waals surface area contributed by atoms with Crippen LogP contribution in [-0.2, 0) is 26.2 Å². The van der Waals surface area contributed by atoms with Crippen LogP contribution < -0.4 is 0 Å². The molecule has 12 heteroatoms. The summed E-state index contributed by atoms with van der Waals surface area (Å²) in [6.45, 7) is 7.15. The first-order valence-corrected chi connectivity index (χ1v) is 12.0. The van der Waals surface area contributed by atoms with Gasteiger partial charge >= 0.3 is 0 Å². The van der Waals surface area contributed by atoms with E-state index in [2.05, 4.69) is 15.5 Å². The molecule has 0 unspecified atom stereocenters. The van der Waals surface area contributed by atoms with Crippen LogP contribution in [0.4, 0.5) is 8.78 Å². The Bertz CT molecular complexity index is 1220. The predicted molar refractivity (Wildman–Crippen MR) is 127 cm³/mol. The van der Waals surface area contributed by atoms with Crippen LogP contribution in [0.15, 0.2) is 28.9 Å². The molecule has 1 aliphatic heterocycles. The van der Waals surface area contributed by atoms with Crippen LogP contribution in [0.3, 0.4) is 0 Å². The summed E-state index contributed by atoms with van der Waals surface area (Å²) in [5.74, 6) is -1.50. The number of methoxy groups -OCH3 is 1. The van der Waals surface area contributed by atoms with E-state index in [1.807, 2.05) is 20.8 Å². The van der Waals surface area contributed by atoms with Crippen molar-refractivity contribution < 1.29 is 37.7 Å². The zero-order chi connectivity index (χ0) is 26.9. The number of aliphatic hydroxyl groups is 2. The molecule has 37 heavy (non-hydrogen) atoms. The number of benzene rings is 1. The van der Waals surface area contributed by atoms with Crippen molar-refractivity contribution in [1.82, 2.24) is 20.2 Å². The third-order valence-corrected chi connectivity index (χ3v) is 6.69. The fourth-order valence-electron chi connectivity index (χ4n) is 4.65. The lowest BCUT2D eigenvalue weighted by Crippen LogP contribution is -2.57. The SMILES string of the molecule is CCOC(C)(C)c1cc(C[C@H]2O[C@H](CO)[C@H](O)[C@H](n3cc(-c4ccc(C)c(F)c4F)nn3)[C@H]2OC)on1. The highest BCUT2D eigenvalue weighted by atomic mass is 19.2. The topological polar surface area (TPSA) is 125 Å². The Morgan fingerprint density at radius 2 is 1.95 bits per heavy atom. The van der Waals surface area contributed by atoms with Crippen LogP contribution in [0.1, 0.15) is 43.8 Å². The maximum atomic E-state index is 14.6. The first-order valence-electron chi connectivity index (χ1n) is 12.0. The third-order valence-electron chi connectivity index (χ3n) is 6.69. The zero-order valence-corrected chi connectivity index (χ0v) is 21.4. The number of aromatic nitrogens is 4. The van der Waals surface area contributed by atoms with E-state index in [0.29, 0.717) is 18.1 Å². The van der Waals surface area contributed by atoms with Crippen LogP contribution in [0.25, 0.3) is 11.3 Å². The number of nitrogens with zero attached hydrogens (tertiary/aromatic N) is 4. The summed E-state index contributed by atoms with van der Waals surface area (Å²) in [4.78, 5) is 0. The van der Waals surface area contributed by atoms with Gasteiger partial charge in [-0.25, -0.2) is 13.5 Å². The van der Waals surface area contributed by atoms with E-state index in [9.17, 15) is 19.0 Å². The van der Waals surface area contributed by atoms with Crippen LogP contribution >= 0.6 is 0 Å². The second-order valence-electron chi connectivity index (χ2n) is 9.54.